The second kappa shape index (κ2) is 3.74. The minimum absolute atomic E-state index is 0.283. The molecule has 0 atom stereocenters. The summed E-state index contributed by atoms with van der Waals surface area (Å²) in [6.07, 6.45) is 4.17. The Morgan fingerprint density at radius 3 is 2.71 bits per heavy atom. The van der Waals surface area contributed by atoms with Crippen LogP contribution in [0.2, 0.25) is 0 Å². The maximum atomic E-state index is 13.4. The van der Waals surface area contributed by atoms with Crippen LogP contribution in [-0.2, 0) is 0 Å². The number of hydrogen-bond donors (Lipinski definition) is 0. The lowest BCUT2D eigenvalue weighted by Crippen LogP contribution is -2.20. The van der Waals surface area contributed by atoms with Crippen LogP contribution in [0, 0.1) is 5.82 Å². The SMILES string of the molecule is O=Cc1cnc(N2CCCC2)c(F)c1. The summed E-state index contributed by atoms with van der Waals surface area (Å²) >= 11 is 0. The van der Waals surface area contributed by atoms with Crippen LogP contribution in [0.25, 0.3) is 0 Å². The fourth-order valence-electron chi connectivity index (χ4n) is 1.67. The van der Waals surface area contributed by atoms with Gasteiger partial charge < -0.3 is 4.90 Å². The quantitative estimate of drug-likeness (QED) is 0.671. The number of aromatic nitrogens is 1. The van der Waals surface area contributed by atoms with E-state index >= 15 is 0 Å². The van der Waals surface area contributed by atoms with Gasteiger partial charge >= 0.3 is 0 Å². The first-order chi connectivity index (χ1) is 6.81. The van der Waals surface area contributed by atoms with Crippen LogP contribution in [0.4, 0.5) is 10.2 Å². The summed E-state index contributed by atoms with van der Waals surface area (Å²) in [6.45, 7) is 1.70. The lowest BCUT2D eigenvalue weighted by molar-refractivity contribution is 0.112. The minimum atomic E-state index is -0.406. The monoisotopic (exact) mass is 194 g/mol. The smallest absolute Gasteiger partial charge is 0.166 e. The highest BCUT2D eigenvalue weighted by Gasteiger charge is 2.17. The van der Waals surface area contributed by atoms with Crippen molar-refractivity contribution in [3.8, 4) is 0 Å². The molecular formula is C10H11FN2O. The molecule has 2 heterocycles. The van der Waals surface area contributed by atoms with Gasteiger partial charge in [-0.05, 0) is 18.9 Å². The third-order valence-electron chi connectivity index (χ3n) is 2.38. The molecule has 1 aliphatic rings. The Balaban J connectivity index is 2.29. The summed E-state index contributed by atoms with van der Waals surface area (Å²) in [5, 5.41) is 0. The standard InChI is InChI=1S/C10H11FN2O/c11-9-5-8(7-14)6-12-10(9)13-3-1-2-4-13/h5-7H,1-4H2. The predicted molar refractivity (Wildman–Crippen MR) is 51.0 cm³/mol. The molecule has 0 amide bonds. The summed E-state index contributed by atoms with van der Waals surface area (Å²) in [5.74, 6) is -0.0374. The zero-order valence-corrected chi connectivity index (χ0v) is 7.74. The number of anilines is 1. The van der Waals surface area contributed by atoms with Crippen molar-refractivity contribution in [3.05, 3.63) is 23.6 Å². The molecule has 14 heavy (non-hydrogen) atoms. The van der Waals surface area contributed by atoms with Gasteiger partial charge in [-0.2, -0.15) is 0 Å². The molecule has 2 rings (SSSR count). The van der Waals surface area contributed by atoms with E-state index < -0.39 is 5.82 Å². The van der Waals surface area contributed by atoms with Crippen molar-refractivity contribution in [3.63, 3.8) is 0 Å². The average Bonchev–Trinajstić information content (AvgIpc) is 2.70. The average molecular weight is 194 g/mol. The molecule has 0 aromatic carbocycles. The zero-order valence-electron chi connectivity index (χ0n) is 7.74. The zero-order chi connectivity index (χ0) is 9.97. The van der Waals surface area contributed by atoms with Gasteiger partial charge in [-0.3, -0.25) is 4.79 Å². The fourth-order valence-corrected chi connectivity index (χ4v) is 1.67. The van der Waals surface area contributed by atoms with Crippen molar-refractivity contribution in [2.45, 2.75) is 12.8 Å². The Morgan fingerprint density at radius 2 is 2.14 bits per heavy atom. The number of hydrogen-bond acceptors (Lipinski definition) is 3. The molecule has 0 saturated carbocycles. The van der Waals surface area contributed by atoms with E-state index in [4.69, 9.17) is 0 Å². The second-order valence-electron chi connectivity index (χ2n) is 3.39. The van der Waals surface area contributed by atoms with E-state index in [1.54, 1.807) is 0 Å². The molecule has 1 fully saturated rings. The first-order valence-electron chi connectivity index (χ1n) is 4.67. The molecule has 1 aromatic rings. The predicted octanol–water partition coefficient (Wildman–Crippen LogP) is 1.63. The van der Waals surface area contributed by atoms with Crippen molar-refractivity contribution in [2.75, 3.05) is 18.0 Å². The largest absolute Gasteiger partial charge is 0.354 e. The number of rotatable bonds is 2. The molecule has 0 unspecified atom stereocenters. The van der Waals surface area contributed by atoms with Crippen LogP contribution in [0.3, 0.4) is 0 Å². The van der Waals surface area contributed by atoms with Gasteiger partial charge in [-0.1, -0.05) is 0 Å². The third-order valence-corrected chi connectivity index (χ3v) is 2.38. The van der Waals surface area contributed by atoms with Gasteiger partial charge in [0.2, 0.25) is 0 Å². The topological polar surface area (TPSA) is 33.2 Å². The second-order valence-corrected chi connectivity index (χ2v) is 3.39. The Morgan fingerprint density at radius 1 is 1.43 bits per heavy atom. The summed E-state index contributed by atoms with van der Waals surface area (Å²) in [5.41, 5.74) is 0.283. The van der Waals surface area contributed by atoms with Crippen LogP contribution in [0.15, 0.2) is 12.3 Å². The van der Waals surface area contributed by atoms with E-state index in [0.717, 1.165) is 25.9 Å². The molecule has 74 valence electrons. The van der Waals surface area contributed by atoms with Gasteiger partial charge in [-0.15, -0.1) is 0 Å². The highest BCUT2D eigenvalue weighted by atomic mass is 19.1. The molecule has 4 heteroatoms. The van der Waals surface area contributed by atoms with Gasteiger partial charge in [0.15, 0.2) is 17.9 Å². The maximum Gasteiger partial charge on any atom is 0.166 e. The van der Waals surface area contributed by atoms with Gasteiger partial charge in [0, 0.05) is 24.8 Å². The Bertz CT molecular complexity index is 348. The van der Waals surface area contributed by atoms with Gasteiger partial charge in [0.25, 0.3) is 0 Å². The van der Waals surface area contributed by atoms with E-state index in [1.807, 2.05) is 4.90 Å². The first kappa shape index (κ1) is 9.12. The molecule has 0 bridgehead atoms. The van der Waals surface area contributed by atoms with E-state index in [9.17, 15) is 9.18 Å². The maximum absolute atomic E-state index is 13.4. The lowest BCUT2D eigenvalue weighted by atomic mass is 10.3. The van der Waals surface area contributed by atoms with Crippen molar-refractivity contribution in [1.29, 1.82) is 0 Å². The molecule has 1 aromatic heterocycles. The summed E-state index contributed by atoms with van der Waals surface area (Å²) < 4.78 is 13.4. The molecular weight excluding hydrogens is 183 g/mol. The highest BCUT2D eigenvalue weighted by Crippen LogP contribution is 2.20. The summed E-state index contributed by atoms with van der Waals surface area (Å²) in [4.78, 5) is 16.2. The third kappa shape index (κ3) is 1.60. The number of nitrogens with zero attached hydrogens (tertiary/aromatic N) is 2. The van der Waals surface area contributed by atoms with E-state index in [-0.39, 0.29) is 5.56 Å². The van der Waals surface area contributed by atoms with E-state index in [2.05, 4.69) is 4.98 Å². The highest BCUT2D eigenvalue weighted by molar-refractivity contribution is 5.74. The normalized spacial score (nSPS) is 15.9. The van der Waals surface area contributed by atoms with Crippen molar-refractivity contribution in [2.24, 2.45) is 0 Å². The Hall–Kier alpha value is -1.45. The van der Waals surface area contributed by atoms with E-state index in [1.165, 1.54) is 12.3 Å². The van der Waals surface area contributed by atoms with Crippen LogP contribution < -0.4 is 4.90 Å². The molecule has 0 aliphatic carbocycles. The van der Waals surface area contributed by atoms with Crippen molar-refractivity contribution < 1.29 is 9.18 Å². The summed E-state index contributed by atoms with van der Waals surface area (Å²) in [6, 6.07) is 1.23. The molecule has 1 saturated heterocycles. The Labute approximate surface area is 81.6 Å². The van der Waals surface area contributed by atoms with Crippen LogP contribution in [-0.4, -0.2) is 24.4 Å². The van der Waals surface area contributed by atoms with Gasteiger partial charge in [0.05, 0.1) is 0 Å². The molecule has 0 N–H and O–H groups in total. The number of pyridine rings is 1. The molecule has 3 nitrogen and oxygen atoms in total. The molecule has 0 spiro atoms. The van der Waals surface area contributed by atoms with Gasteiger partial charge in [0.1, 0.15) is 0 Å². The number of carbonyl (C=O) groups excluding carboxylic acids is 1. The minimum Gasteiger partial charge on any atom is -0.354 e. The molecule has 1 aliphatic heterocycles. The fraction of sp³-hybridized carbons (Fsp3) is 0.400. The number of halogens is 1. The van der Waals surface area contributed by atoms with Crippen molar-refractivity contribution in [1.82, 2.24) is 4.98 Å². The van der Waals surface area contributed by atoms with Crippen molar-refractivity contribution >= 4 is 12.1 Å². The van der Waals surface area contributed by atoms with Crippen LogP contribution in [0.1, 0.15) is 23.2 Å². The van der Waals surface area contributed by atoms with E-state index in [0.29, 0.717) is 12.1 Å². The van der Waals surface area contributed by atoms with Gasteiger partial charge in [-0.25, -0.2) is 9.37 Å². The van der Waals surface area contributed by atoms with Crippen LogP contribution in [0.5, 0.6) is 0 Å². The summed E-state index contributed by atoms with van der Waals surface area (Å²) in [7, 11) is 0. The Kier molecular flexibility index (Phi) is 2.43. The van der Waals surface area contributed by atoms with Crippen LogP contribution >= 0.6 is 0 Å². The first-order valence-corrected chi connectivity index (χ1v) is 4.67. The number of aldehydes is 1. The molecule has 0 radical (unpaired) electrons. The lowest BCUT2D eigenvalue weighted by Gasteiger charge is -2.16. The number of carbonyl (C=O) groups is 1.